The lowest BCUT2D eigenvalue weighted by Crippen LogP contribution is -1.97. The number of hydrogen-bond acceptors (Lipinski definition) is 8. The summed E-state index contributed by atoms with van der Waals surface area (Å²) in [7, 11) is 0. The van der Waals surface area contributed by atoms with Crippen molar-refractivity contribution in [2.45, 2.75) is 0 Å². The zero-order valence-corrected chi connectivity index (χ0v) is 28.3. The quantitative estimate of drug-likeness (QED) is 0.273. The zero-order chi connectivity index (χ0) is 24.2. The van der Waals surface area contributed by atoms with Crippen molar-refractivity contribution in [3.63, 3.8) is 0 Å². The van der Waals surface area contributed by atoms with E-state index in [1.165, 1.54) is 47.7 Å². The average Bonchev–Trinajstić information content (AvgIpc) is 3.47. The van der Waals surface area contributed by atoms with Crippen LogP contribution in [0.15, 0.2) is 82.9 Å². The van der Waals surface area contributed by atoms with Gasteiger partial charge in [0.2, 0.25) is 0 Å². The van der Waals surface area contributed by atoms with Gasteiger partial charge < -0.3 is 0 Å². The Morgan fingerprint density at radius 1 is 0.529 bits per heavy atom. The fourth-order valence-corrected chi connectivity index (χ4v) is 14.5. The van der Waals surface area contributed by atoms with Crippen molar-refractivity contribution < 1.29 is 0 Å². The van der Waals surface area contributed by atoms with Gasteiger partial charge >= 0.3 is 0 Å². The van der Waals surface area contributed by atoms with Crippen molar-refractivity contribution in [1.29, 1.82) is 0 Å². The van der Waals surface area contributed by atoms with E-state index in [1.807, 2.05) is 94.1 Å². The molecular weight excluding hydrogens is 705 g/mol. The van der Waals surface area contributed by atoms with Gasteiger partial charge in [0.15, 0.2) is 0 Å². The van der Waals surface area contributed by atoms with E-state index in [0.717, 1.165) is 8.95 Å². The molecule has 0 saturated carbocycles. The Kier molecular flexibility index (Phi) is 11.0. The van der Waals surface area contributed by atoms with Crippen LogP contribution < -0.4 is 0 Å². The Hall–Kier alpha value is 1.16. The molecule has 2 aliphatic heterocycles. The lowest BCUT2D eigenvalue weighted by Gasteiger charge is -2.20. The number of allylic oxidation sites excluding steroid dienone is 2. The van der Waals surface area contributed by atoms with Gasteiger partial charge in [-0.05, 0) is 48.3 Å². The number of benzene rings is 2. The molecule has 2 heterocycles. The second-order valence-electron chi connectivity index (χ2n) is 6.66. The Balaban J connectivity index is 2.02. The molecule has 4 rings (SSSR count). The van der Waals surface area contributed by atoms with Crippen LogP contribution in [-0.4, -0.2) is 25.0 Å². The van der Waals surface area contributed by atoms with Gasteiger partial charge in [0, 0.05) is 20.1 Å². The Labute approximate surface area is 253 Å². The highest BCUT2D eigenvalue weighted by Crippen LogP contribution is 2.64. The zero-order valence-electron chi connectivity index (χ0n) is 18.6. The predicted molar refractivity (Wildman–Crippen MR) is 181 cm³/mol. The molecule has 0 saturated heterocycles. The molecule has 0 fully saturated rings. The molecule has 10 heteroatoms. The van der Waals surface area contributed by atoms with Gasteiger partial charge in [-0.1, -0.05) is 115 Å². The van der Waals surface area contributed by atoms with Crippen LogP contribution >= 0.6 is 126 Å². The van der Waals surface area contributed by atoms with Gasteiger partial charge in [-0.2, -0.15) is 0 Å². The SMILES string of the molecule is CSC1=C(SC)SC(=C(C(=C2SC(SC)=C(SC)S2)c2ccccc2Br)c2ccccc2Br)S1. The summed E-state index contributed by atoms with van der Waals surface area (Å²) in [6, 6.07) is 17.2. The van der Waals surface area contributed by atoms with Gasteiger partial charge in [0.05, 0.1) is 25.4 Å². The van der Waals surface area contributed by atoms with E-state index in [4.69, 9.17) is 0 Å². The topological polar surface area (TPSA) is 0 Å². The maximum atomic E-state index is 3.88. The maximum absolute atomic E-state index is 3.88. The van der Waals surface area contributed by atoms with E-state index in [-0.39, 0.29) is 0 Å². The standard InChI is InChI=1S/C24H20Br2S8/c1-27-21-22(28-2)32-19(31-21)17(13-9-5-7-11-15(13)25)18(14-10-6-8-12-16(14)26)20-33-23(29-3)24(30-4)34-20/h5-12H,1-4H3. The normalized spacial score (nSPS) is 16.2. The molecule has 34 heavy (non-hydrogen) atoms. The Bertz CT molecular complexity index is 1100. The summed E-state index contributed by atoms with van der Waals surface area (Å²) in [5, 5.41) is 0. The smallest absolute Gasteiger partial charge is 0.0657 e. The summed E-state index contributed by atoms with van der Waals surface area (Å²) in [6.07, 6.45) is 8.70. The molecule has 0 aliphatic carbocycles. The molecule has 2 aliphatic rings. The highest BCUT2D eigenvalue weighted by Gasteiger charge is 2.32. The van der Waals surface area contributed by atoms with E-state index in [0.29, 0.717) is 0 Å². The number of hydrogen-bond donors (Lipinski definition) is 0. The molecule has 0 radical (unpaired) electrons. The van der Waals surface area contributed by atoms with Crippen molar-refractivity contribution in [3.8, 4) is 0 Å². The van der Waals surface area contributed by atoms with Gasteiger partial charge in [-0.25, -0.2) is 0 Å². The van der Waals surface area contributed by atoms with E-state index in [9.17, 15) is 0 Å². The van der Waals surface area contributed by atoms with Crippen molar-refractivity contribution in [1.82, 2.24) is 0 Å². The molecule has 0 spiro atoms. The third kappa shape index (κ3) is 6.07. The van der Waals surface area contributed by atoms with Crippen molar-refractivity contribution in [2.75, 3.05) is 25.0 Å². The average molecular weight is 725 g/mol. The summed E-state index contributed by atoms with van der Waals surface area (Å²) in [5.41, 5.74) is 5.04. The molecule has 0 aromatic heterocycles. The van der Waals surface area contributed by atoms with Crippen molar-refractivity contribution >= 4 is 137 Å². The van der Waals surface area contributed by atoms with Crippen molar-refractivity contribution in [3.05, 3.63) is 94.0 Å². The summed E-state index contributed by atoms with van der Waals surface area (Å²) in [4.78, 5) is 0. The van der Waals surface area contributed by atoms with Crippen LogP contribution in [0.1, 0.15) is 11.1 Å². The van der Waals surface area contributed by atoms with Crippen LogP contribution in [0.25, 0.3) is 11.1 Å². The molecule has 0 N–H and O–H groups in total. The lowest BCUT2D eigenvalue weighted by molar-refractivity contribution is 1.53. The molecule has 0 unspecified atom stereocenters. The molecule has 2 aromatic rings. The van der Waals surface area contributed by atoms with Gasteiger partial charge in [0.25, 0.3) is 0 Å². The predicted octanol–water partition coefficient (Wildman–Crippen LogP) is 11.9. The maximum Gasteiger partial charge on any atom is 0.0657 e. The van der Waals surface area contributed by atoms with Crippen LogP contribution in [0.3, 0.4) is 0 Å². The van der Waals surface area contributed by atoms with Crippen LogP contribution in [0.2, 0.25) is 0 Å². The third-order valence-electron chi connectivity index (χ3n) is 4.76. The number of rotatable bonds is 7. The number of thioether (sulfide) groups is 8. The highest BCUT2D eigenvalue weighted by atomic mass is 79.9. The van der Waals surface area contributed by atoms with Crippen LogP contribution in [0.4, 0.5) is 0 Å². The van der Waals surface area contributed by atoms with Crippen LogP contribution in [0.5, 0.6) is 0 Å². The number of halogens is 2. The monoisotopic (exact) mass is 722 g/mol. The van der Waals surface area contributed by atoms with Gasteiger partial charge in [-0.15, -0.1) is 47.0 Å². The molecule has 0 atom stereocenters. The van der Waals surface area contributed by atoms with E-state index in [2.05, 4.69) is 105 Å². The Morgan fingerprint density at radius 2 is 0.824 bits per heavy atom. The minimum Gasteiger partial charge on any atom is -0.121 e. The summed E-state index contributed by atoms with van der Waals surface area (Å²) in [5.74, 6) is 0. The molecule has 178 valence electrons. The van der Waals surface area contributed by atoms with Crippen LogP contribution in [-0.2, 0) is 0 Å². The van der Waals surface area contributed by atoms with Crippen molar-refractivity contribution in [2.24, 2.45) is 0 Å². The molecule has 0 amide bonds. The van der Waals surface area contributed by atoms with E-state index < -0.39 is 0 Å². The molecular formula is C24H20Br2S8. The Morgan fingerprint density at radius 3 is 1.09 bits per heavy atom. The summed E-state index contributed by atoms with van der Waals surface area (Å²) >= 11 is 22.8. The minimum atomic E-state index is 1.11. The molecule has 0 nitrogen and oxygen atoms in total. The first-order chi connectivity index (χ1) is 16.5. The second-order valence-corrected chi connectivity index (χ2v) is 17.3. The van der Waals surface area contributed by atoms with E-state index in [1.54, 1.807) is 0 Å². The fraction of sp³-hybridized carbons (Fsp3) is 0.167. The van der Waals surface area contributed by atoms with Gasteiger partial charge in [-0.3, -0.25) is 0 Å². The summed E-state index contributed by atoms with van der Waals surface area (Å²) < 4.78 is 10.4. The molecule has 0 bridgehead atoms. The van der Waals surface area contributed by atoms with E-state index >= 15 is 0 Å². The largest absolute Gasteiger partial charge is 0.121 e. The first-order valence-electron chi connectivity index (χ1n) is 9.87. The highest BCUT2D eigenvalue weighted by molar-refractivity contribution is 9.10. The minimum absolute atomic E-state index is 1.11. The fourth-order valence-electron chi connectivity index (χ4n) is 3.27. The third-order valence-corrected chi connectivity index (χ3v) is 16.6. The lowest BCUT2D eigenvalue weighted by atomic mass is 9.95. The first kappa shape index (κ1) is 28.2. The first-order valence-corrected chi connectivity index (χ1v) is 19.6. The van der Waals surface area contributed by atoms with Crippen LogP contribution in [0, 0.1) is 0 Å². The second kappa shape index (κ2) is 13.3. The van der Waals surface area contributed by atoms with Gasteiger partial charge in [0.1, 0.15) is 0 Å². The summed E-state index contributed by atoms with van der Waals surface area (Å²) in [6.45, 7) is 0. The molecule has 2 aromatic carbocycles.